The lowest BCUT2D eigenvalue weighted by Gasteiger charge is -2.11. The van der Waals surface area contributed by atoms with Crippen molar-refractivity contribution in [2.45, 2.75) is 26.8 Å². The van der Waals surface area contributed by atoms with Crippen molar-refractivity contribution >= 4 is 39.0 Å². The van der Waals surface area contributed by atoms with Gasteiger partial charge in [0, 0.05) is 16.9 Å². The van der Waals surface area contributed by atoms with Gasteiger partial charge >= 0.3 is 5.97 Å². The summed E-state index contributed by atoms with van der Waals surface area (Å²) >= 11 is 1.12. The Labute approximate surface area is 157 Å². The molecule has 3 rings (SSSR count). The summed E-state index contributed by atoms with van der Waals surface area (Å²) in [6.07, 6.45) is -1.69. The average Bonchev–Trinajstić information content (AvgIpc) is 3.17. The number of rotatable bonds is 6. The Morgan fingerprint density at radius 2 is 2.04 bits per heavy atom. The first kappa shape index (κ1) is 19.0. The molecule has 0 radical (unpaired) electrons. The maximum absolute atomic E-state index is 13.5. The molecule has 6 nitrogen and oxygen atoms in total. The molecule has 0 fully saturated rings. The summed E-state index contributed by atoms with van der Waals surface area (Å²) in [5.41, 5.74) is -0.202. The van der Waals surface area contributed by atoms with Crippen LogP contribution in [-0.2, 0) is 6.54 Å². The smallest absolute Gasteiger partial charge is 0.345 e. The zero-order chi connectivity index (χ0) is 19.7. The molecule has 2 heterocycles. The molecule has 0 aliphatic heterocycles. The highest BCUT2D eigenvalue weighted by atomic mass is 32.1. The van der Waals surface area contributed by atoms with Gasteiger partial charge in [-0.3, -0.25) is 9.48 Å². The zero-order valence-corrected chi connectivity index (χ0v) is 15.4. The van der Waals surface area contributed by atoms with Crippen molar-refractivity contribution < 1.29 is 23.5 Å². The van der Waals surface area contributed by atoms with Gasteiger partial charge < -0.3 is 10.4 Å². The van der Waals surface area contributed by atoms with Crippen molar-refractivity contribution in [3.8, 4) is 0 Å². The molecule has 0 aliphatic carbocycles. The third-order valence-electron chi connectivity index (χ3n) is 3.85. The van der Waals surface area contributed by atoms with E-state index in [2.05, 4.69) is 10.4 Å². The first-order valence-corrected chi connectivity index (χ1v) is 9.00. The number of aromatic carboxylic acids is 1. The Morgan fingerprint density at radius 3 is 2.67 bits per heavy atom. The van der Waals surface area contributed by atoms with Crippen molar-refractivity contribution in [3.05, 3.63) is 46.6 Å². The van der Waals surface area contributed by atoms with Crippen molar-refractivity contribution in [1.82, 2.24) is 9.78 Å². The second-order valence-corrected chi connectivity index (χ2v) is 7.53. The summed E-state index contributed by atoms with van der Waals surface area (Å²) in [6.45, 7) is 4.03. The minimum absolute atomic E-state index is 0.0998. The third kappa shape index (κ3) is 3.97. The summed E-state index contributed by atoms with van der Waals surface area (Å²) in [7, 11) is 0. The zero-order valence-electron chi connectivity index (χ0n) is 14.6. The Kier molecular flexibility index (Phi) is 5.22. The number of carboxylic acid groups (broad SMARTS) is 1. The van der Waals surface area contributed by atoms with Gasteiger partial charge in [0.05, 0.1) is 11.8 Å². The fourth-order valence-electron chi connectivity index (χ4n) is 2.72. The maximum atomic E-state index is 13.5. The van der Waals surface area contributed by atoms with E-state index >= 15 is 0 Å². The van der Waals surface area contributed by atoms with E-state index in [1.807, 2.05) is 13.8 Å². The number of benzene rings is 1. The van der Waals surface area contributed by atoms with Crippen LogP contribution in [0.25, 0.3) is 10.1 Å². The molecular formula is C18H17F2N3O3S. The van der Waals surface area contributed by atoms with Crippen LogP contribution >= 0.6 is 11.3 Å². The first-order chi connectivity index (χ1) is 12.8. The largest absolute Gasteiger partial charge is 0.477 e. The van der Waals surface area contributed by atoms with Crippen molar-refractivity contribution in [1.29, 1.82) is 0 Å². The van der Waals surface area contributed by atoms with E-state index < -0.39 is 24.0 Å². The first-order valence-electron chi connectivity index (χ1n) is 8.18. The average molecular weight is 393 g/mol. The fraction of sp³-hybridized carbons (Fsp3) is 0.278. The lowest BCUT2D eigenvalue weighted by Crippen LogP contribution is -2.16. The molecule has 1 amide bonds. The summed E-state index contributed by atoms with van der Waals surface area (Å²) < 4.78 is 28.8. The molecule has 142 valence electrons. The van der Waals surface area contributed by atoms with Gasteiger partial charge in [-0.2, -0.15) is 5.10 Å². The van der Waals surface area contributed by atoms with E-state index in [1.165, 1.54) is 6.07 Å². The number of anilines is 1. The van der Waals surface area contributed by atoms with Crippen LogP contribution in [-0.4, -0.2) is 26.8 Å². The van der Waals surface area contributed by atoms with Crippen LogP contribution in [0.3, 0.4) is 0 Å². The maximum Gasteiger partial charge on any atom is 0.345 e. The second-order valence-electron chi connectivity index (χ2n) is 6.44. The third-order valence-corrected chi connectivity index (χ3v) is 4.96. The van der Waals surface area contributed by atoms with E-state index in [1.54, 1.807) is 18.2 Å². The van der Waals surface area contributed by atoms with Gasteiger partial charge in [0.2, 0.25) is 0 Å². The highest BCUT2D eigenvalue weighted by Gasteiger charge is 2.25. The van der Waals surface area contributed by atoms with E-state index in [4.69, 9.17) is 5.11 Å². The van der Waals surface area contributed by atoms with Crippen LogP contribution in [0.2, 0.25) is 0 Å². The van der Waals surface area contributed by atoms with Gasteiger partial charge in [-0.25, -0.2) is 13.6 Å². The van der Waals surface area contributed by atoms with Crippen LogP contribution in [0.15, 0.2) is 30.5 Å². The number of fused-ring (bicyclic) bond motifs is 1. The Balaban J connectivity index is 1.88. The van der Waals surface area contributed by atoms with Crippen LogP contribution in [0.1, 0.15) is 46.0 Å². The number of halogens is 2. The normalized spacial score (nSPS) is 11.5. The van der Waals surface area contributed by atoms with Crippen LogP contribution in [0, 0.1) is 5.92 Å². The number of nitrogens with one attached hydrogen (secondary N) is 1. The Morgan fingerprint density at radius 1 is 1.30 bits per heavy atom. The van der Waals surface area contributed by atoms with E-state index in [-0.39, 0.29) is 22.9 Å². The highest BCUT2D eigenvalue weighted by molar-refractivity contribution is 7.20. The number of aromatic nitrogens is 2. The minimum atomic E-state index is -2.83. The number of thiophene rings is 1. The number of hydrogen-bond donors (Lipinski definition) is 2. The lowest BCUT2D eigenvalue weighted by atomic mass is 10.2. The molecule has 0 spiro atoms. The number of carbonyl (C=O) groups is 2. The number of carbonyl (C=O) groups excluding carboxylic acids is 1. The van der Waals surface area contributed by atoms with Crippen LogP contribution in [0.5, 0.6) is 0 Å². The van der Waals surface area contributed by atoms with Gasteiger partial charge in [0.25, 0.3) is 12.3 Å². The minimum Gasteiger partial charge on any atom is -0.477 e. The number of amides is 1. The van der Waals surface area contributed by atoms with Crippen molar-refractivity contribution in [2.24, 2.45) is 5.92 Å². The number of carboxylic acids is 1. The van der Waals surface area contributed by atoms with Gasteiger partial charge in [-0.1, -0.05) is 13.8 Å². The van der Waals surface area contributed by atoms with Gasteiger partial charge in [-0.15, -0.1) is 11.3 Å². The summed E-state index contributed by atoms with van der Waals surface area (Å²) in [5, 5.41) is 16.2. The SMILES string of the molecule is CC(C)Cn1ncc(C(=O)Nc2ccc3sc(C(=O)O)cc3c2)c1C(F)F. The molecule has 2 aromatic heterocycles. The molecule has 0 bridgehead atoms. The second kappa shape index (κ2) is 7.43. The molecule has 9 heteroatoms. The van der Waals surface area contributed by atoms with Crippen LogP contribution < -0.4 is 5.32 Å². The van der Waals surface area contributed by atoms with Gasteiger partial charge in [0.15, 0.2) is 0 Å². The summed E-state index contributed by atoms with van der Waals surface area (Å²) in [5.74, 6) is -1.61. The van der Waals surface area contributed by atoms with E-state index in [0.29, 0.717) is 11.1 Å². The Hall–Kier alpha value is -2.81. The molecule has 27 heavy (non-hydrogen) atoms. The number of hydrogen-bond acceptors (Lipinski definition) is 4. The Bertz CT molecular complexity index is 1010. The van der Waals surface area contributed by atoms with Crippen molar-refractivity contribution in [3.63, 3.8) is 0 Å². The molecule has 0 saturated heterocycles. The molecular weight excluding hydrogens is 376 g/mol. The summed E-state index contributed by atoms with van der Waals surface area (Å²) in [4.78, 5) is 23.7. The quantitative estimate of drug-likeness (QED) is 0.639. The number of nitrogens with zero attached hydrogens (tertiary/aromatic N) is 2. The van der Waals surface area contributed by atoms with Crippen LogP contribution in [0.4, 0.5) is 14.5 Å². The molecule has 3 aromatic rings. The molecule has 0 aliphatic rings. The number of alkyl halides is 2. The monoisotopic (exact) mass is 393 g/mol. The topological polar surface area (TPSA) is 84.2 Å². The molecule has 0 saturated carbocycles. The van der Waals surface area contributed by atoms with Crippen molar-refractivity contribution in [2.75, 3.05) is 5.32 Å². The fourth-order valence-corrected chi connectivity index (χ4v) is 3.60. The predicted molar refractivity (Wildman–Crippen MR) is 98.8 cm³/mol. The van der Waals surface area contributed by atoms with E-state index in [9.17, 15) is 18.4 Å². The van der Waals surface area contributed by atoms with Gasteiger partial charge in [0.1, 0.15) is 10.6 Å². The standard InChI is InChI=1S/C18H17F2N3O3S/c1-9(2)8-23-15(16(19)20)12(7-21-23)17(24)22-11-3-4-13-10(5-11)6-14(27-13)18(25)26/h3-7,9,16H,8H2,1-2H3,(H,22,24)(H,25,26). The highest BCUT2D eigenvalue weighted by Crippen LogP contribution is 2.29. The molecule has 1 aromatic carbocycles. The molecule has 0 unspecified atom stereocenters. The predicted octanol–water partition coefficient (Wildman–Crippen LogP) is 4.64. The summed E-state index contributed by atoms with van der Waals surface area (Å²) in [6, 6.07) is 6.39. The molecule has 2 N–H and O–H groups in total. The lowest BCUT2D eigenvalue weighted by molar-refractivity contribution is 0.0702. The van der Waals surface area contributed by atoms with E-state index in [0.717, 1.165) is 26.9 Å². The molecule has 0 atom stereocenters. The van der Waals surface area contributed by atoms with Gasteiger partial charge in [-0.05, 0) is 35.6 Å².